The second-order valence-electron chi connectivity index (χ2n) is 2.18. The van der Waals surface area contributed by atoms with Crippen LogP contribution in [-0.4, -0.2) is 13.5 Å². The van der Waals surface area contributed by atoms with Crippen LogP contribution >= 0.6 is 26.6 Å². The van der Waals surface area contributed by atoms with Crippen molar-refractivity contribution in [2.45, 2.75) is 4.90 Å². The Morgan fingerprint density at radius 2 is 2.00 bits per heavy atom. The molecule has 1 aromatic rings. The Morgan fingerprint density at radius 3 is 2.38 bits per heavy atom. The second kappa shape index (κ2) is 3.43. The highest BCUT2D eigenvalue weighted by atomic mass is 79.9. The van der Waals surface area contributed by atoms with Crippen LogP contribution < -0.4 is 0 Å². The van der Waals surface area contributed by atoms with Crippen molar-refractivity contribution in [1.82, 2.24) is 0 Å². The van der Waals surface area contributed by atoms with Crippen molar-refractivity contribution < 1.29 is 17.9 Å². The van der Waals surface area contributed by atoms with Crippen molar-refractivity contribution in [3.05, 3.63) is 22.4 Å². The topological polar surface area (TPSA) is 54.4 Å². The van der Waals surface area contributed by atoms with Gasteiger partial charge < -0.3 is 5.11 Å². The van der Waals surface area contributed by atoms with E-state index in [9.17, 15) is 12.8 Å². The lowest BCUT2D eigenvalue weighted by Crippen LogP contribution is -1.92. The first-order chi connectivity index (χ1) is 5.82. The molecule has 0 spiro atoms. The summed E-state index contributed by atoms with van der Waals surface area (Å²) in [6.45, 7) is 0. The van der Waals surface area contributed by atoms with Gasteiger partial charge in [-0.3, -0.25) is 0 Å². The molecule has 1 rings (SSSR count). The van der Waals surface area contributed by atoms with E-state index < -0.39 is 20.6 Å². The van der Waals surface area contributed by atoms with Gasteiger partial charge in [-0.15, -0.1) is 0 Å². The van der Waals surface area contributed by atoms with Gasteiger partial charge in [-0.2, -0.15) is 0 Å². The molecule has 0 bridgehead atoms. The molecule has 7 heteroatoms. The van der Waals surface area contributed by atoms with E-state index in [4.69, 9.17) is 15.8 Å². The maximum Gasteiger partial charge on any atom is 0.261 e. The number of hydrogen-bond acceptors (Lipinski definition) is 3. The molecule has 0 aromatic heterocycles. The first-order valence-corrected chi connectivity index (χ1v) is 6.05. The van der Waals surface area contributed by atoms with E-state index in [0.29, 0.717) is 0 Å². The van der Waals surface area contributed by atoms with Gasteiger partial charge in [0.25, 0.3) is 9.05 Å². The fraction of sp³-hybridized carbons (Fsp3) is 0. The van der Waals surface area contributed by atoms with E-state index in [1.165, 1.54) is 0 Å². The van der Waals surface area contributed by atoms with Crippen LogP contribution in [0.1, 0.15) is 0 Å². The SMILES string of the molecule is O=S(=O)(Cl)c1cc(O)c(F)c(Br)c1. The van der Waals surface area contributed by atoms with Gasteiger partial charge in [-0.1, -0.05) is 0 Å². The Bertz CT molecular complexity index is 422. The van der Waals surface area contributed by atoms with Crippen LogP contribution in [0.3, 0.4) is 0 Å². The van der Waals surface area contributed by atoms with Crippen molar-refractivity contribution >= 4 is 35.7 Å². The molecule has 0 saturated heterocycles. The molecule has 0 unspecified atom stereocenters. The first kappa shape index (κ1) is 10.7. The molecule has 0 amide bonds. The third-order valence-corrected chi connectivity index (χ3v) is 3.17. The van der Waals surface area contributed by atoms with Gasteiger partial charge in [0.15, 0.2) is 11.6 Å². The van der Waals surface area contributed by atoms with Gasteiger partial charge >= 0.3 is 0 Å². The monoisotopic (exact) mass is 288 g/mol. The van der Waals surface area contributed by atoms with E-state index in [1.54, 1.807) is 0 Å². The average molecular weight is 290 g/mol. The molecule has 0 aliphatic carbocycles. The quantitative estimate of drug-likeness (QED) is 0.807. The highest BCUT2D eigenvalue weighted by Gasteiger charge is 2.15. The van der Waals surface area contributed by atoms with Gasteiger partial charge in [0.05, 0.1) is 9.37 Å². The van der Waals surface area contributed by atoms with Crippen molar-refractivity contribution in [2.24, 2.45) is 0 Å². The normalized spacial score (nSPS) is 11.6. The van der Waals surface area contributed by atoms with Gasteiger partial charge in [0, 0.05) is 16.7 Å². The van der Waals surface area contributed by atoms with Crippen molar-refractivity contribution in [3.63, 3.8) is 0 Å². The lowest BCUT2D eigenvalue weighted by Gasteiger charge is -2.00. The highest BCUT2D eigenvalue weighted by Crippen LogP contribution is 2.29. The Balaban J connectivity index is 3.47. The molecular weight excluding hydrogens is 286 g/mol. The molecule has 0 aliphatic rings. The summed E-state index contributed by atoms with van der Waals surface area (Å²) in [7, 11) is 1.02. The standard InChI is InChI=1S/C6H3BrClFO3S/c7-4-1-3(13(8,11)12)2-5(10)6(4)9/h1-2,10H. The third kappa shape index (κ3) is 2.32. The smallest absolute Gasteiger partial charge is 0.261 e. The molecule has 3 nitrogen and oxygen atoms in total. The summed E-state index contributed by atoms with van der Waals surface area (Å²) >= 11 is 2.73. The molecule has 0 fully saturated rings. The number of hydrogen-bond donors (Lipinski definition) is 1. The molecule has 13 heavy (non-hydrogen) atoms. The molecule has 1 N–H and O–H groups in total. The van der Waals surface area contributed by atoms with Crippen molar-refractivity contribution in [2.75, 3.05) is 0 Å². The minimum atomic E-state index is -3.95. The van der Waals surface area contributed by atoms with E-state index in [-0.39, 0.29) is 9.37 Å². The lowest BCUT2D eigenvalue weighted by molar-refractivity contribution is 0.428. The molecule has 0 radical (unpaired) electrons. The van der Waals surface area contributed by atoms with Crippen molar-refractivity contribution in [3.8, 4) is 5.75 Å². The maximum atomic E-state index is 12.8. The molecule has 0 saturated carbocycles. The fourth-order valence-electron chi connectivity index (χ4n) is 0.691. The van der Waals surface area contributed by atoms with Crippen molar-refractivity contribution in [1.29, 1.82) is 0 Å². The summed E-state index contributed by atoms with van der Waals surface area (Å²) < 4.78 is 34.1. The van der Waals surface area contributed by atoms with Gasteiger partial charge in [-0.05, 0) is 22.0 Å². The van der Waals surface area contributed by atoms with E-state index >= 15 is 0 Å². The molecule has 0 heterocycles. The van der Waals surface area contributed by atoms with Crippen LogP contribution in [0.5, 0.6) is 5.75 Å². The Labute approximate surface area is 86.7 Å². The summed E-state index contributed by atoms with van der Waals surface area (Å²) in [4.78, 5) is -0.361. The molecule has 72 valence electrons. The summed E-state index contributed by atoms with van der Waals surface area (Å²) in [5.41, 5.74) is 0. The second-order valence-corrected chi connectivity index (χ2v) is 5.60. The predicted molar refractivity (Wildman–Crippen MR) is 48.8 cm³/mol. The zero-order valence-electron chi connectivity index (χ0n) is 5.96. The fourth-order valence-corrected chi connectivity index (χ4v) is 2.07. The number of rotatable bonds is 1. The maximum absolute atomic E-state index is 12.8. The molecule has 1 aromatic carbocycles. The number of benzene rings is 1. The largest absolute Gasteiger partial charge is 0.505 e. The summed E-state index contributed by atoms with van der Waals surface area (Å²) in [5.74, 6) is -1.70. The number of halogens is 3. The minimum absolute atomic E-state index is 0.160. The predicted octanol–water partition coefficient (Wildman–Crippen LogP) is 2.22. The molecule has 0 atom stereocenters. The average Bonchev–Trinajstić information content (AvgIpc) is 1.97. The first-order valence-electron chi connectivity index (χ1n) is 2.95. The van der Waals surface area contributed by atoms with E-state index in [0.717, 1.165) is 12.1 Å². The molecular formula is C6H3BrClFO3S. The lowest BCUT2D eigenvalue weighted by atomic mass is 10.3. The molecule has 0 aliphatic heterocycles. The van der Waals surface area contributed by atoms with Crippen LogP contribution in [0.2, 0.25) is 0 Å². The zero-order chi connectivity index (χ0) is 10.2. The van der Waals surface area contributed by atoms with Gasteiger partial charge in [0.2, 0.25) is 0 Å². The van der Waals surface area contributed by atoms with E-state index in [2.05, 4.69) is 15.9 Å². The van der Waals surface area contributed by atoms with Crippen LogP contribution in [0.4, 0.5) is 4.39 Å². The number of phenolic OH excluding ortho intramolecular Hbond substituents is 1. The summed E-state index contributed by atoms with van der Waals surface area (Å²) in [6.07, 6.45) is 0. The third-order valence-electron chi connectivity index (χ3n) is 1.26. The summed E-state index contributed by atoms with van der Waals surface area (Å²) in [6, 6.07) is 1.71. The number of aromatic hydroxyl groups is 1. The summed E-state index contributed by atoms with van der Waals surface area (Å²) in [5, 5.41) is 8.92. The van der Waals surface area contributed by atoms with E-state index in [1.807, 2.05) is 0 Å². The minimum Gasteiger partial charge on any atom is -0.505 e. The Kier molecular flexibility index (Phi) is 2.84. The number of phenols is 1. The van der Waals surface area contributed by atoms with Crippen LogP contribution in [0.25, 0.3) is 0 Å². The zero-order valence-corrected chi connectivity index (χ0v) is 9.12. The Hall–Kier alpha value is -0.330. The van der Waals surface area contributed by atoms with Gasteiger partial charge in [-0.25, -0.2) is 12.8 Å². The Morgan fingerprint density at radius 1 is 1.46 bits per heavy atom. The van der Waals surface area contributed by atoms with Crippen LogP contribution in [0.15, 0.2) is 21.5 Å². The highest BCUT2D eigenvalue weighted by molar-refractivity contribution is 9.10. The van der Waals surface area contributed by atoms with Crippen LogP contribution in [0, 0.1) is 5.82 Å². The van der Waals surface area contributed by atoms with Gasteiger partial charge in [0.1, 0.15) is 0 Å². The van der Waals surface area contributed by atoms with Crippen LogP contribution in [-0.2, 0) is 9.05 Å².